The molecule has 1 atom stereocenters. The van der Waals surface area contributed by atoms with Crippen molar-refractivity contribution >= 4 is 5.78 Å². The summed E-state index contributed by atoms with van der Waals surface area (Å²) >= 11 is 0. The molecular weight excluding hydrogens is 170 g/mol. The first kappa shape index (κ1) is 12.6. The van der Waals surface area contributed by atoms with Gasteiger partial charge in [0.05, 0.1) is 12.6 Å². The molecule has 0 aromatic carbocycles. The smallest absolute Gasteiger partial charge is 0.172 e. The van der Waals surface area contributed by atoms with Crippen LogP contribution in [-0.4, -0.2) is 55.7 Å². The molecule has 0 rings (SSSR count). The molecule has 0 aliphatic rings. The minimum Gasteiger partial charge on any atom is -0.393 e. The van der Waals surface area contributed by atoms with Crippen LogP contribution in [0, 0.1) is 0 Å². The van der Waals surface area contributed by atoms with Crippen LogP contribution in [0.3, 0.4) is 0 Å². The maximum absolute atomic E-state index is 11.1. The molecule has 0 aliphatic carbocycles. The zero-order chi connectivity index (χ0) is 10.3. The second-order valence-electron chi connectivity index (χ2n) is 3.35. The van der Waals surface area contributed by atoms with E-state index in [0.717, 1.165) is 6.54 Å². The fraction of sp³-hybridized carbons (Fsp3) is 0.889. The number of hydrogen-bond acceptors (Lipinski definition) is 4. The summed E-state index contributed by atoms with van der Waals surface area (Å²) in [5.74, 6) is 0.0654. The Bertz CT molecular complexity index is 148. The van der Waals surface area contributed by atoms with Crippen molar-refractivity contribution in [1.29, 1.82) is 0 Å². The molecule has 1 unspecified atom stereocenters. The number of aliphatic hydroxyl groups is 1. The van der Waals surface area contributed by atoms with Gasteiger partial charge in [-0.25, -0.2) is 0 Å². The zero-order valence-electron chi connectivity index (χ0n) is 8.62. The summed E-state index contributed by atoms with van der Waals surface area (Å²) in [6, 6.07) is 0. The zero-order valence-corrected chi connectivity index (χ0v) is 8.62. The third-order valence-corrected chi connectivity index (χ3v) is 1.68. The minimum atomic E-state index is -0.306. The van der Waals surface area contributed by atoms with Crippen LogP contribution in [-0.2, 0) is 9.53 Å². The molecular formula is C9H19NO3. The monoisotopic (exact) mass is 189 g/mol. The minimum absolute atomic E-state index is 0.0654. The van der Waals surface area contributed by atoms with E-state index in [1.165, 1.54) is 7.11 Å². The van der Waals surface area contributed by atoms with E-state index in [4.69, 9.17) is 9.84 Å². The largest absolute Gasteiger partial charge is 0.393 e. The Balaban J connectivity index is 3.49. The third kappa shape index (κ3) is 7.90. The number of ether oxygens (including phenoxy) is 1. The second kappa shape index (κ2) is 7.00. The number of rotatable bonds is 7. The topological polar surface area (TPSA) is 49.8 Å². The van der Waals surface area contributed by atoms with Gasteiger partial charge < -0.3 is 9.84 Å². The molecule has 0 amide bonds. The highest BCUT2D eigenvalue weighted by atomic mass is 16.5. The van der Waals surface area contributed by atoms with Gasteiger partial charge in [0.2, 0.25) is 0 Å². The molecule has 0 radical (unpaired) electrons. The Labute approximate surface area is 79.5 Å². The van der Waals surface area contributed by atoms with Gasteiger partial charge in [-0.2, -0.15) is 0 Å². The lowest BCUT2D eigenvalue weighted by molar-refractivity contribution is -0.123. The second-order valence-corrected chi connectivity index (χ2v) is 3.35. The van der Waals surface area contributed by atoms with E-state index in [1.807, 2.05) is 11.9 Å². The number of Topliss-reactive ketones (excluding diaryl/α,β-unsaturated/α-hetero) is 1. The molecule has 0 spiro atoms. The van der Waals surface area contributed by atoms with Crippen molar-refractivity contribution in [3.05, 3.63) is 0 Å². The van der Waals surface area contributed by atoms with Gasteiger partial charge in [-0.15, -0.1) is 0 Å². The number of nitrogens with zero attached hydrogens (tertiary/aromatic N) is 1. The quantitative estimate of drug-likeness (QED) is 0.608. The SMILES string of the molecule is COCC(=O)CN(C)CCC(C)O. The molecule has 1 N–H and O–H groups in total. The van der Waals surface area contributed by atoms with Crippen LogP contribution in [0.2, 0.25) is 0 Å². The number of carbonyl (C=O) groups is 1. The highest BCUT2D eigenvalue weighted by molar-refractivity contribution is 5.81. The van der Waals surface area contributed by atoms with Gasteiger partial charge in [-0.3, -0.25) is 9.69 Å². The number of aliphatic hydroxyl groups excluding tert-OH is 1. The summed E-state index contributed by atoms with van der Waals surface area (Å²) in [7, 11) is 3.36. The van der Waals surface area contributed by atoms with Gasteiger partial charge in [-0.05, 0) is 20.4 Å². The summed E-state index contributed by atoms with van der Waals surface area (Å²) in [6.07, 6.45) is 0.386. The molecule has 0 heterocycles. The first-order chi connectivity index (χ1) is 6.06. The van der Waals surface area contributed by atoms with Crippen LogP contribution in [0.15, 0.2) is 0 Å². The molecule has 0 bridgehead atoms. The molecule has 0 aromatic heterocycles. The first-order valence-corrected chi connectivity index (χ1v) is 4.43. The lowest BCUT2D eigenvalue weighted by Gasteiger charge is -2.16. The Morgan fingerprint density at radius 2 is 2.23 bits per heavy atom. The van der Waals surface area contributed by atoms with Crippen LogP contribution in [0.4, 0.5) is 0 Å². The summed E-state index contributed by atoms with van der Waals surface area (Å²) in [4.78, 5) is 13.0. The standard InChI is InChI=1S/C9H19NO3/c1-8(11)4-5-10(2)6-9(12)7-13-3/h8,11H,4-7H2,1-3H3. The average Bonchev–Trinajstić information content (AvgIpc) is 2.01. The van der Waals surface area contributed by atoms with Crippen molar-refractivity contribution in [3.63, 3.8) is 0 Å². The fourth-order valence-electron chi connectivity index (χ4n) is 0.994. The molecule has 13 heavy (non-hydrogen) atoms. The van der Waals surface area contributed by atoms with Gasteiger partial charge >= 0.3 is 0 Å². The predicted octanol–water partition coefficient (Wildman–Crippen LogP) is -0.0954. The van der Waals surface area contributed by atoms with Gasteiger partial charge in [0.25, 0.3) is 0 Å². The van der Waals surface area contributed by atoms with Crippen LogP contribution in [0.1, 0.15) is 13.3 Å². The Morgan fingerprint density at radius 1 is 1.62 bits per heavy atom. The van der Waals surface area contributed by atoms with Crippen molar-refractivity contribution in [2.45, 2.75) is 19.4 Å². The Hall–Kier alpha value is -0.450. The van der Waals surface area contributed by atoms with Gasteiger partial charge in [0, 0.05) is 13.7 Å². The molecule has 0 saturated heterocycles. The molecule has 78 valence electrons. The van der Waals surface area contributed by atoms with Crippen LogP contribution in [0.25, 0.3) is 0 Å². The molecule has 0 saturated carbocycles. The van der Waals surface area contributed by atoms with Crippen LogP contribution >= 0.6 is 0 Å². The highest BCUT2D eigenvalue weighted by Gasteiger charge is 2.06. The molecule has 0 aliphatic heterocycles. The summed E-state index contributed by atoms with van der Waals surface area (Å²) in [5, 5.41) is 9.00. The van der Waals surface area contributed by atoms with Crippen LogP contribution in [0.5, 0.6) is 0 Å². The maximum Gasteiger partial charge on any atom is 0.172 e. The number of carbonyl (C=O) groups excluding carboxylic acids is 1. The summed E-state index contributed by atoms with van der Waals surface area (Å²) < 4.78 is 4.70. The van der Waals surface area contributed by atoms with E-state index in [-0.39, 0.29) is 18.5 Å². The van der Waals surface area contributed by atoms with Crippen LogP contribution < -0.4 is 0 Å². The van der Waals surface area contributed by atoms with E-state index >= 15 is 0 Å². The normalized spacial score (nSPS) is 13.3. The predicted molar refractivity (Wildman–Crippen MR) is 50.7 cm³/mol. The molecule has 4 heteroatoms. The molecule has 0 fully saturated rings. The highest BCUT2D eigenvalue weighted by Crippen LogP contribution is 1.93. The number of methoxy groups -OCH3 is 1. The number of ketones is 1. The Morgan fingerprint density at radius 3 is 2.69 bits per heavy atom. The van der Waals surface area contributed by atoms with E-state index < -0.39 is 0 Å². The van der Waals surface area contributed by atoms with E-state index in [1.54, 1.807) is 6.92 Å². The van der Waals surface area contributed by atoms with Crippen molar-refractivity contribution in [2.24, 2.45) is 0 Å². The van der Waals surface area contributed by atoms with Gasteiger partial charge in [-0.1, -0.05) is 0 Å². The lowest BCUT2D eigenvalue weighted by atomic mass is 10.2. The van der Waals surface area contributed by atoms with Gasteiger partial charge in [0.1, 0.15) is 6.61 Å². The number of hydrogen-bond donors (Lipinski definition) is 1. The van der Waals surface area contributed by atoms with E-state index in [0.29, 0.717) is 13.0 Å². The lowest BCUT2D eigenvalue weighted by Crippen LogP contribution is -2.30. The third-order valence-electron chi connectivity index (χ3n) is 1.68. The molecule has 4 nitrogen and oxygen atoms in total. The van der Waals surface area contributed by atoms with Crippen molar-refractivity contribution in [2.75, 3.05) is 33.9 Å². The number of likely N-dealkylation sites (N-methyl/N-ethyl adjacent to an activating group) is 1. The van der Waals surface area contributed by atoms with Gasteiger partial charge in [0.15, 0.2) is 5.78 Å². The summed E-state index contributed by atoms with van der Waals surface area (Å²) in [6.45, 7) is 3.03. The first-order valence-electron chi connectivity index (χ1n) is 4.43. The fourth-order valence-corrected chi connectivity index (χ4v) is 0.994. The van der Waals surface area contributed by atoms with Crippen molar-refractivity contribution in [3.8, 4) is 0 Å². The van der Waals surface area contributed by atoms with Crippen molar-refractivity contribution in [1.82, 2.24) is 4.90 Å². The Kier molecular flexibility index (Phi) is 6.76. The van der Waals surface area contributed by atoms with E-state index in [9.17, 15) is 4.79 Å². The van der Waals surface area contributed by atoms with Crippen molar-refractivity contribution < 1.29 is 14.6 Å². The molecule has 0 aromatic rings. The average molecular weight is 189 g/mol. The summed E-state index contributed by atoms with van der Waals surface area (Å²) in [5.41, 5.74) is 0. The van der Waals surface area contributed by atoms with E-state index in [2.05, 4.69) is 0 Å². The maximum atomic E-state index is 11.1.